The van der Waals surface area contributed by atoms with E-state index >= 15 is 0 Å². The van der Waals surface area contributed by atoms with Crippen molar-refractivity contribution in [2.45, 2.75) is 0 Å². The molecule has 0 N–H and O–H groups in total. The zero-order chi connectivity index (χ0) is 7.71. The smallest absolute Gasteiger partial charge is 0.0577 e. The van der Waals surface area contributed by atoms with Crippen molar-refractivity contribution in [1.82, 2.24) is 0 Å². The van der Waals surface area contributed by atoms with Crippen LogP contribution in [0, 0.1) is 0 Å². The van der Waals surface area contributed by atoms with E-state index in [9.17, 15) is 0 Å². The lowest BCUT2D eigenvalue weighted by Gasteiger charge is -2.12. The zero-order valence-electron chi connectivity index (χ0n) is 4.21. The Balaban J connectivity index is 4.07. The quantitative estimate of drug-likeness (QED) is 0.450. The fourth-order valence-electron chi connectivity index (χ4n) is 0.240. The van der Waals surface area contributed by atoms with Crippen LogP contribution < -0.4 is 0 Å². The van der Waals surface area contributed by atoms with Gasteiger partial charge in [0.2, 0.25) is 0 Å². The molecule has 0 saturated heterocycles. The fourth-order valence-corrected chi connectivity index (χ4v) is 19.4. The van der Waals surface area contributed by atoms with Crippen LogP contribution in [0.2, 0.25) is 0 Å². The molecular formula is CH6P2S6. The van der Waals surface area contributed by atoms with E-state index in [2.05, 4.69) is 49.0 Å². The second-order valence-electron chi connectivity index (χ2n) is 1.47. The molecule has 0 saturated carbocycles. The van der Waals surface area contributed by atoms with Crippen LogP contribution in [0.5, 0.6) is 0 Å². The van der Waals surface area contributed by atoms with Gasteiger partial charge in [-0.25, -0.2) is 0 Å². The largest absolute Gasteiger partial charge is 0.131 e. The maximum absolute atomic E-state index is 4.94. The minimum atomic E-state index is -1.77. The SMILES string of the molecule is S=P(S)(S)CP(=S)(S)S. The number of hydrogen-bond donors (Lipinski definition) is 4. The number of rotatable bonds is 2. The van der Waals surface area contributed by atoms with Crippen molar-refractivity contribution in [3.8, 4) is 0 Å². The Morgan fingerprint density at radius 2 is 1.11 bits per heavy atom. The third-order valence-corrected chi connectivity index (χ3v) is 9.95. The van der Waals surface area contributed by atoms with Crippen molar-refractivity contribution in [3.63, 3.8) is 0 Å². The lowest BCUT2D eigenvalue weighted by Crippen LogP contribution is -1.67. The maximum Gasteiger partial charge on any atom is 0.0577 e. The maximum atomic E-state index is 4.94. The van der Waals surface area contributed by atoms with Crippen LogP contribution in [0.1, 0.15) is 0 Å². The second-order valence-corrected chi connectivity index (χ2v) is 22.3. The summed E-state index contributed by atoms with van der Waals surface area (Å²) in [5, 5.41) is 0. The summed E-state index contributed by atoms with van der Waals surface area (Å²) in [5.74, 6) is 0.600. The molecular weight excluding hydrogens is 266 g/mol. The van der Waals surface area contributed by atoms with Crippen LogP contribution in [0.15, 0.2) is 0 Å². The van der Waals surface area contributed by atoms with Crippen LogP contribution in [-0.4, -0.2) is 5.90 Å². The minimum absolute atomic E-state index is 0.600. The highest BCUT2D eigenvalue weighted by molar-refractivity contribution is 8.99. The van der Waals surface area contributed by atoms with Crippen molar-refractivity contribution >= 4 is 81.5 Å². The molecule has 0 aliphatic carbocycles. The Bertz CT molecular complexity index is 151. The van der Waals surface area contributed by atoms with Crippen LogP contribution in [-0.2, 0) is 23.6 Å². The van der Waals surface area contributed by atoms with E-state index in [4.69, 9.17) is 23.6 Å². The molecule has 0 bridgehead atoms. The van der Waals surface area contributed by atoms with E-state index in [1.807, 2.05) is 0 Å². The highest BCUT2D eigenvalue weighted by Gasteiger charge is 2.13. The van der Waals surface area contributed by atoms with E-state index in [0.717, 1.165) is 0 Å². The molecule has 9 heavy (non-hydrogen) atoms. The Hall–Kier alpha value is 2.70. The normalized spacial score (nSPS) is 13.8. The van der Waals surface area contributed by atoms with Gasteiger partial charge in [0.05, 0.1) is 8.88 Å². The average Bonchev–Trinajstić information content (AvgIpc) is 1.14. The molecule has 0 rings (SSSR count). The Morgan fingerprint density at radius 3 is 1.11 bits per heavy atom. The van der Waals surface area contributed by atoms with Gasteiger partial charge in [-0.2, -0.15) is 0 Å². The van der Waals surface area contributed by atoms with Crippen molar-refractivity contribution < 1.29 is 0 Å². The molecule has 0 aliphatic rings. The Morgan fingerprint density at radius 1 is 0.889 bits per heavy atom. The fraction of sp³-hybridized carbons (Fsp3) is 1.00. The van der Waals surface area contributed by atoms with Gasteiger partial charge < -0.3 is 0 Å². The highest BCUT2D eigenvalue weighted by Crippen LogP contribution is 2.71. The molecule has 0 aliphatic heterocycles. The molecule has 0 heterocycles. The predicted octanol–water partition coefficient (Wildman–Crippen LogP) is 3.28. The van der Waals surface area contributed by atoms with E-state index in [0.29, 0.717) is 5.90 Å². The lowest BCUT2D eigenvalue weighted by atomic mass is 11.9. The molecule has 0 aromatic heterocycles. The molecule has 0 aromatic rings. The first-order valence-electron chi connectivity index (χ1n) is 1.80. The first-order valence-corrected chi connectivity index (χ1v) is 12.4. The second kappa shape index (κ2) is 4.08. The van der Waals surface area contributed by atoms with Crippen molar-refractivity contribution in [2.24, 2.45) is 0 Å². The van der Waals surface area contributed by atoms with Crippen LogP contribution in [0.4, 0.5) is 0 Å². The van der Waals surface area contributed by atoms with Crippen LogP contribution in [0.25, 0.3) is 0 Å². The summed E-state index contributed by atoms with van der Waals surface area (Å²) in [6, 6.07) is 0. The van der Waals surface area contributed by atoms with E-state index in [1.165, 1.54) is 0 Å². The average molecular weight is 272 g/mol. The predicted molar refractivity (Wildman–Crippen MR) is 69.4 cm³/mol. The van der Waals surface area contributed by atoms with E-state index in [1.54, 1.807) is 0 Å². The van der Waals surface area contributed by atoms with Gasteiger partial charge in [0.25, 0.3) is 0 Å². The summed E-state index contributed by atoms with van der Waals surface area (Å²) in [6.45, 7) is 0. The third-order valence-electron chi connectivity index (χ3n) is 0.368. The zero-order valence-corrected chi connectivity index (χ0v) is 11.2. The molecule has 0 nitrogen and oxygen atoms in total. The van der Waals surface area contributed by atoms with Crippen LogP contribution >= 0.6 is 57.9 Å². The molecule has 56 valence electrons. The summed E-state index contributed by atoms with van der Waals surface area (Å²) in [6.07, 6.45) is 0. The topological polar surface area (TPSA) is 0 Å². The van der Waals surface area contributed by atoms with E-state index < -0.39 is 8.88 Å². The van der Waals surface area contributed by atoms with Crippen molar-refractivity contribution in [1.29, 1.82) is 0 Å². The van der Waals surface area contributed by atoms with Crippen LogP contribution in [0.3, 0.4) is 0 Å². The molecule has 0 amide bonds. The van der Waals surface area contributed by atoms with Gasteiger partial charge in [-0.3, -0.25) is 0 Å². The lowest BCUT2D eigenvalue weighted by molar-refractivity contribution is 2.27. The summed E-state index contributed by atoms with van der Waals surface area (Å²) < 4.78 is -3.55. The number of hydrogen-bond acceptors (Lipinski definition) is 2. The van der Waals surface area contributed by atoms with Gasteiger partial charge in [-0.1, -0.05) is 23.6 Å². The van der Waals surface area contributed by atoms with Gasteiger partial charge in [-0.05, 0) is 0 Å². The van der Waals surface area contributed by atoms with Gasteiger partial charge in [-0.15, -0.1) is 49.0 Å². The van der Waals surface area contributed by atoms with Gasteiger partial charge in [0.1, 0.15) is 0 Å². The molecule has 0 spiro atoms. The molecule has 8 heteroatoms. The standard InChI is InChI=1S/CH6P2S6/c4-2(5,6)1-3(7,8)9/h1H2,(H2,4,5,6)(H2,7,8,9). The molecule has 0 fully saturated rings. The van der Waals surface area contributed by atoms with Crippen molar-refractivity contribution in [3.05, 3.63) is 0 Å². The summed E-state index contributed by atoms with van der Waals surface area (Å²) in [5.41, 5.74) is 0. The number of thiol groups is 4. The highest BCUT2D eigenvalue weighted by atomic mass is 33.2. The molecule has 0 aromatic carbocycles. The van der Waals surface area contributed by atoms with Gasteiger partial charge >= 0.3 is 0 Å². The first kappa shape index (κ1) is 11.7. The molecule has 0 atom stereocenters. The van der Waals surface area contributed by atoms with E-state index in [-0.39, 0.29) is 0 Å². The third kappa shape index (κ3) is 10.7. The van der Waals surface area contributed by atoms with Gasteiger partial charge in [0.15, 0.2) is 0 Å². The summed E-state index contributed by atoms with van der Waals surface area (Å²) >= 11 is 26.3. The molecule has 0 radical (unpaired) electrons. The summed E-state index contributed by atoms with van der Waals surface area (Å²) in [7, 11) is 0. The Kier molecular flexibility index (Phi) is 5.31. The first-order chi connectivity index (χ1) is 3.71. The van der Waals surface area contributed by atoms with Crippen molar-refractivity contribution in [2.75, 3.05) is 5.90 Å². The minimum Gasteiger partial charge on any atom is -0.131 e. The molecule has 0 unspecified atom stereocenters. The Labute approximate surface area is 86.6 Å². The van der Waals surface area contributed by atoms with Gasteiger partial charge in [0, 0.05) is 5.90 Å². The monoisotopic (exact) mass is 272 g/mol. The summed E-state index contributed by atoms with van der Waals surface area (Å²) in [4.78, 5) is 0.